The highest BCUT2D eigenvalue weighted by Gasteiger charge is 2.42. The smallest absolute Gasteiger partial charge is 0.233 e. The van der Waals surface area contributed by atoms with E-state index in [-0.39, 0.29) is 0 Å². The van der Waals surface area contributed by atoms with E-state index in [0.29, 0.717) is 12.0 Å². The van der Waals surface area contributed by atoms with Crippen molar-refractivity contribution in [1.29, 1.82) is 0 Å². The molecule has 0 bridgehead atoms. The van der Waals surface area contributed by atoms with Gasteiger partial charge in [-0.25, -0.2) is 0 Å². The Hall–Kier alpha value is -1.95. The maximum absolute atomic E-state index is 6.21. The van der Waals surface area contributed by atoms with Crippen molar-refractivity contribution in [2.75, 3.05) is 19.6 Å². The van der Waals surface area contributed by atoms with Gasteiger partial charge in [0.15, 0.2) is 0 Å². The lowest BCUT2D eigenvalue weighted by Gasteiger charge is -2.27. The molecule has 0 spiro atoms. The van der Waals surface area contributed by atoms with Crippen LogP contribution in [0.1, 0.15) is 50.6 Å². The van der Waals surface area contributed by atoms with Gasteiger partial charge in [-0.05, 0) is 56.4 Å². The van der Waals surface area contributed by atoms with Crippen molar-refractivity contribution in [3.63, 3.8) is 0 Å². The minimum Gasteiger partial charge on any atom is -0.473 e. The van der Waals surface area contributed by atoms with E-state index in [1.807, 2.05) is 37.0 Å². The molecule has 3 heterocycles. The van der Waals surface area contributed by atoms with E-state index in [4.69, 9.17) is 4.74 Å². The third-order valence-electron chi connectivity index (χ3n) is 7.24. The molecule has 3 atom stereocenters. The summed E-state index contributed by atoms with van der Waals surface area (Å²) in [7, 11) is 1.93. The van der Waals surface area contributed by atoms with E-state index in [2.05, 4.69) is 20.2 Å². The Kier molecular flexibility index (Phi) is 5.29. The van der Waals surface area contributed by atoms with Gasteiger partial charge in [0.1, 0.15) is 6.10 Å². The Morgan fingerprint density at radius 3 is 2.41 bits per heavy atom. The molecule has 2 aromatic heterocycles. The monoisotopic (exact) mass is 395 g/mol. The van der Waals surface area contributed by atoms with Crippen LogP contribution in [0.15, 0.2) is 18.3 Å². The zero-order valence-electron chi connectivity index (χ0n) is 17.8. The first-order chi connectivity index (χ1) is 14.1. The molecule has 1 saturated heterocycles. The molecule has 0 N–H and O–H groups in total. The summed E-state index contributed by atoms with van der Waals surface area (Å²) in [6.45, 7) is 5.87. The number of ether oxygens (including phenoxy) is 1. The van der Waals surface area contributed by atoms with Gasteiger partial charge >= 0.3 is 0 Å². The molecule has 2 saturated carbocycles. The van der Waals surface area contributed by atoms with Crippen LogP contribution in [0.5, 0.6) is 5.88 Å². The molecule has 29 heavy (non-hydrogen) atoms. The van der Waals surface area contributed by atoms with Crippen molar-refractivity contribution >= 4 is 0 Å². The molecule has 1 aliphatic heterocycles. The fraction of sp³-hybridized carbons (Fsp3) is 0.696. The first-order valence-corrected chi connectivity index (χ1v) is 11.4. The van der Waals surface area contributed by atoms with Gasteiger partial charge in [0.2, 0.25) is 5.88 Å². The molecule has 2 aromatic rings. The first-order valence-electron chi connectivity index (χ1n) is 11.4. The van der Waals surface area contributed by atoms with Gasteiger partial charge in [-0.1, -0.05) is 19.3 Å². The topological polar surface area (TPSA) is 56.1 Å². The first kappa shape index (κ1) is 19.0. The lowest BCUT2D eigenvalue weighted by Crippen LogP contribution is -2.30. The highest BCUT2D eigenvalue weighted by atomic mass is 16.5. The fourth-order valence-electron chi connectivity index (χ4n) is 5.87. The van der Waals surface area contributed by atoms with Crippen molar-refractivity contribution in [3.8, 4) is 17.1 Å². The van der Waals surface area contributed by atoms with Crippen LogP contribution >= 0.6 is 0 Å². The van der Waals surface area contributed by atoms with Gasteiger partial charge in [0.25, 0.3) is 0 Å². The van der Waals surface area contributed by atoms with E-state index in [1.165, 1.54) is 51.7 Å². The second-order valence-corrected chi connectivity index (χ2v) is 9.51. The second-order valence-electron chi connectivity index (χ2n) is 9.51. The Balaban J connectivity index is 1.13. The predicted octanol–water partition coefficient (Wildman–Crippen LogP) is 3.86. The summed E-state index contributed by atoms with van der Waals surface area (Å²) < 4.78 is 8.02. The number of hydrogen-bond donors (Lipinski definition) is 0. The van der Waals surface area contributed by atoms with Crippen LogP contribution in [0.3, 0.4) is 0 Å². The van der Waals surface area contributed by atoms with Crippen molar-refractivity contribution in [1.82, 2.24) is 24.9 Å². The molecule has 5 rings (SSSR count). The number of hydrogen-bond acceptors (Lipinski definition) is 5. The van der Waals surface area contributed by atoms with Gasteiger partial charge in [-0.15, -0.1) is 10.2 Å². The van der Waals surface area contributed by atoms with Gasteiger partial charge < -0.3 is 9.64 Å². The van der Waals surface area contributed by atoms with Crippen LogP contribution < -0.4 is 4.74 Å². The van der Waals surface area contributed by atoms with Crippen molar-refractivity contribution in [2.24, 2.45) is 24.8 Å². The molecular formula is C23H33N5O. The molecule has 6 heteroatoms. The number of likely N-dealkylation sites (tertiary alicyclic amines) is 1. The minimum atomic E-state index is 0.294. The molecule has 156 valence electrons. The predicted molar refractivity (Wildman–Crippen MR) is 113 cm³/mol. The number of aryl methyl sites for hydroxylation is 2. The molecule has 2 aliphatic carbocycles. The number of rotatable bonds is 5. The average molecular weight is 396 g/mol. The average Bonchev–Trinajstić information content (AvgIpc) is 3.36. The summed E-state index contributed by atoms with van der Waals surface area (Å²) in [6.07, 6.45) is 11.8. The third-order valence-corrected chi connectivity index (χ3v) is 7.24. The molecule has 0 aromatic carbocycles. The van der Waals surface area contributed by atoms with Gasteiger partial charge in [0.05, 0.1) is 11.4 Å². The lowest BCUT2D eigenvalue weighted by molar-refractivity contribution is 0.167. The van der Waals surface area contributed by atoms with Gasteiger partial charge in [-0.3, -0.25) is 4.68 Å². The van der Waals surface area contributed by atoms with E-state index in [0.717, 1.165) is 47.5 Å². The van der Waals surface area contributed by atoms with E-state index < -0.39 is 0 Å². The molecule has 1 unspecified atom stereocenters. The van der Waals surface area contributed by atoms with Crippen LogP contribution in [-0.2, 0) is 7.05 Å². The molecule has 6 nitrogen and oxygen atoms in total. The fourth-order valence-corrected chi connectivity index (χ4v) is 5.87. The van der Waals surface area contributed by atoms with Crippen LogP contribution in [-0.4, -0.2) is 50.6 Å². The van der Waals surface area contributed by atoms with Crippen LogP contribution in [0, 0.1) is 24.7 Å². The zero-order valence-corrected chi connectivity index (χ0v) is 17.8. The Bertz CT molecular complexity index is 812. The normalized spacial score (nSPS) is 28.0. The SMILES string of the molecule is Cc1nn(C)cc1-c1ccc(OC2C[C@@H]3CN(CC4CCCCC4)C[C@@H]3C2)nn1. The summed E-state index contributed by atoms with van der Waals surface area (Å²) in [4.78, 5) is 2.74. The summed E-state index contributed by atoms with van der Waals surface area (Å²) in [5.74, 6) is 3.20. The van der Waals surface area contributed by atoms with Crippen LogP contribution in [0.4, 0.5) is 0 Å². The minimum absolute atomic E-state index is 0.294. The molecule has 0 amide bonds. The standard InChI is InChI=1S/C23H33N5O/c1-16-21(15-27(2)26-16)22-8-9-23(25-24-22)29-20-10-18-13-28(14-19(18)11-20)12-17-6-4-3-5-7-17/h8-9,15,17-20H,3-7,10-14H2,1-2H3/t18-,19+,20?. The van der Waals surface area contributed by atoms with Gasteiger partial charge in [0, 0.05) is 44.5 Å². The highest BCUT2D eigenvalue weighted by Crippen LogP contribution is 2.40. The van der Waals surface area contributed by atoms with E-state index in [9.17, 15) is 0 Å². The van der Waals surface area contributed by atoms with Crippen molar-refractivity contribution in [2.45, 2.75) is 58.0 Å². The van der Waals surface area contributed by atoms with Gasteiger partial charge in [-0.2, -0.15) is 5.10 Å². The maximum Gasteiger partial charge on any atom is 0.233 e. The summed E-state index contributed by atoms with van der Waals surface area (Å²) in [5.41, 5.74) is 2.85. The highest BCUT2D eigenvalue weighted by molar-refractivity contribution is 5.60. The van der Waals surface area contributed by atoms with Crippen LogP contribution in [0.25, 0.3) is 11.3 Å². The summed E-state index contributed by atoms with van der Waals surface area (Å²) in [6, 6.07) is 3.95. The Morgan fingerprint density at radius 2 is 1.79 bits per heavy atom. The van der Waals surface area contributed by atoms with E-state index >= 15 is 0 Å². The Morgan fingerprint density at radius 1 is 1.03 bits per heavy atom. The number of nitrogens with zero attached hydrogens (tertiary/aromatic N) is 5. The van der Waals surface area contributed by atoms with E-state index in [1.54, 1.807) is 0 Å². The number of fused-ring (bicyclic) bond motifs is 1. The summed E-state index contributed by atoms with van der Waals surface area (Å²) in [5, 5.41) is 13.1. The Labute approximate surface area is 173 Å². The second kappa shape index (κ2) is 8.05. The largest absolute Gasteiger partial charge is 0.473 e. The third kappa shape index (κ3) is 4.18. The molecule has 3 aliphatic rings. The van der Waals surface area contributed by atoms with Crippen molar-refractivity contribution in [3.05, 3.63) is 24.0 Å². The van der Waals surface area contributed by atoms with Crippen molar-refractivity contribution < 1.29 is 4.74 Å². The molecule has 3 fully saturated rings. The maximum atomic E-state index is 6.21. The molecule has 0 radical (unpaired) electrons. The number of aromatic nitrogens is 4. The lowest BCUT2D eigenvalue weighted by atomic mass is 9.89. The van der Waals surface area contributed by atoms with Crippen LogP contribution in [0.2, 0.25) is 0 Å². The summed E-state index contributed by atoms with van der Waals surface area (Å²) >= 11 is 0. The quantitative estimate of drug-likeness (QED) is 0.770. The molecular weight excluding hydrogens is 362 g/mol. The zero-order chi connectivity index (χ0) is 19.8.